The number of nitrogens with zero attached hydrogens (tertiary/aromatic N) is 2. The van der Waals surface area contributed by atoms with Gasteiger partial charge in [0.2, 0.25) is 5.89 Å². The minimum absolute atomic E-state index is 0.622. The monoisotopic (exact) mass is 292 g/mol. The van der Waals surface area contributed by atoms with Crippen molar-refractivity contribution >= 4 is 33.9 Å². The Morgan fingerprint density at radius 3 is 3.00 bits per heavy atom. The number of hydrogen-bond acceptors (Lipinski definition) is 4. The van der Waals surface area contributed by atoms with Crippen LogP contribution in [0.1, 0.15) is 5.89 Å². The molecule has 0 N–H and O–H groups in total. The van der Waals surface area contributed by atoms with Gasteiger partial charge in [-0.2, -0.15) is 0 Å². The third-order valence-electron chi connectivity index (χ3n) is 1.31. The quantitative estimate of drug-likeness (QED) is 0.631. The van der Waals surface area contributed by atoms with Crippen molar-refractivity contribution in [3.05, 3.63) is 23.4 Å². The molecule has 0 amide bonds. The first kappa shape index (κ1) is 8.18. The largest absolute Gasteiger partial charge is 0.419 e. The molecule has 0 saturated carbocycles. The highest BCUT2D eigenvalue weighted by Crippen LogP contribution is 2.23. The highest BCUT2D eigenvalue weighted by Gasteiger charge is 2.07. The zero-order chi connectivity index (χ0) is 8.39. The highest BCUT2D eigenvalue weighted by molar-refractivity contribution is 14.1. The number of alkyl halides is 1. The van der Waals surface area contributed by atoms with Gasteiger partial charge in [-0.05, 0) is 11.4 Å². The van der Waals surface area contributed by atoms with Crippen molar-refractivity contribution in [1.29, 1.82) is 0 Å². The van der Waals surface area contributed by atoms with Crippen molar-refractivity contribution in [1.82, 2.24) is 10.2 Å². The molecule has 0 fully saturated rings. The number of rotatable bonds is 2. The first-order valence-electron chi connectivity index (χ1n) is 3.32. The van der Waals surface area contributed by atoms with Gasteiger partial charge in [-0.1, -0.05) is 28.7 Å². The third kappa shape index (κ3) is 1.51. The fourth-order valence-corrected chi connectivity index (χ4v) is 1.76. The van der Waals surface area contributed by atoms with Crippen LogP contribution in [0.3, 0.4) is 0 Å². The van der Waals surface area contributed by atoms with E-state index in [1.165, 1.54) is 0 Å². The molecular formula is C7H5IN2OS. The molecule has 5 heteroatoms. The van der Waals surface area contributed by atoms with E-state index in [0.717, 1.165) is 9.30 Å². The van der Waals surface area contributed by atoms with Crippen LogP contribution in [-0.2, 0) is 4.43 Å². The summed E-state index contributed by atoms with van der Waals surface area (Å²) < 4.78 is 6.12. The summed E-state index contributed by atoms with van der Waals surface area (Å²) in [5, 5.41) is 9.78. The van der Waals surface area contributed by atoms with Crippen LogP contribution in [0.25, 0.3) is 10.8 Å². The van der Waals surface area contributed by atoms with Crippen LogP contribution in [0.2, 0.25) is 0 Å². The lowest BCUT2D eigenvalue weighted by molar-refractivity contribution is 0.532. The Hall–Kier alpha value is -0.430. The standard InChI is InChI=1S/C7H5IN2OS/c8-4-6-9-10-7(11-6)5-2-1-3-12-5/h1-3H,4H2. The van der Waals surface area contributed by atoms with E-state index in [4.69, 9.17) is 4.42 Å². The van der Waals surface area contributed by atoms with Crippen molar-refractivity contribution in [2.75, 3.05) is 0 Å². The van der Waals surface area contributed by atoms with Crippen molar-refractivity contribution < 1.29 is 4.42 Å². The molecule has 0 aliphatic rings. The second-order valence-corrected chi connectivity index (χ2v) is 3.82. The molecule has 0 bridgehead atoms. The van der Waals surface area contributed by atoms with Crippen molar-refractivity contribution in [3.8, 4) is 10.8 Å². The molecule has 0 aliphatic carbocycles. The maximum Gasteiger partial charge on any atom is 0.257 e. The lowest BCUT2D eigenvalue weighted by atomic mass is 10.5. The molecule has 2 rings (SSSR count). The highest BCUT2D eigenvalue weighted by atomic mass is 127. The average Bonchev–Trinajstić information content (AvgIpc) is 2.75. The molecule has 62 valence electrons. The van der Waals surface area contributed by atoms with E-state index >= 15 is 0 Å². The van der Waals surface area contributed by atoms with E-state index in [1.54, 1.807) is 11.3 Å². The fourth-order valence-electron chi connectivity index (χ4n) is 0.807. The van der Waals surface area contributed by atoms with Gasteiger partial charge in [-0.25, -0.2) is 0 Å². The lowest BCUT2D eigenvalue weighted by Crippen LogP contribution is -1.73. The number of thiophene rings is 1. The topological polar surface area (TPSA) is 38.9 Å². The minimum atomic E-state index is 0.622. The average molecular weight is 292 g/mol. The predicted molar refractivity (Wildman–Crippen MR) is 55.3 cm³/mol. The molecule has 12 heavy (non-hydrogen) atoms. The van der Waals surface area contributed by atoms with Crippen LogP contribution >= 0.6 is 33.9 Å². The summed E-state index contributed by atoms with van der Waals surface area (Å²) in [4.78, 5) is 1.03. The number of halogens is 1. The molecule has 0 unspecified atom stereocenters. The predicted octanol–water partition coefficient (Wildman–Crippen LogP) is 2.73. The van der Waals surface area contributed by atoms with Crippen LogP contribution in [0.4, 0.5) is 0 Å². The lowest BCUT2D eigenvalue weighted by Gasteiger charge is -1.83. The van der Waals surface area contributed by atoms with Gasteiger partial charge >= 0.3 is 0 Å². The molecule has 2 heterocycles. The molecule has 2 aromatic heterocycles. The zero-order valence-corrected chi connectivity index (χ0v) is 9.00. The third-order valence-corrected chi connectivity index (χ3v) is 2.82. The van der Waals surface area contributed by atoms with Gasteiger partial charge < -0.3 is 4.42 Å². The molecular weight excluding hydrogens is 287 g/mol. The van der Waals surface area contributed by atoms with Crippen molar-refractivity contribution in [2.24, 2.45) is 0 Å². The van der Waals surface area contributed by atoms with E-state index in [9.17, 15) is 0 Å². The second-order valence-electron chi connectivity index (χ2n) is 2.11. The molecule has 3 nitrogen and oxygen atoms in total. The summed E-state index contributed by atoms with van der Waals surface area (Å²) in [5.41, 5.74) is 0. The van der Waals surface area contributed by atoms with Gasteiger partial charge in [-0.15, -0.1) is 21.5 Å². The van der Waals surface area contributed by atoms with Gasteiger partial charge in [-0.3, -0.25) is 0 Å². The molecule has 0 aromatic carbocycles. The maximum atomic E-state index is 5.36. The van der Waals surface area contributed by atoms with E-state index in [1.807, 2.05) is 17.5 Å². The summed E-state index contributed by atoms with van der Waals surface area (Å²) in [7, 11) is 0. The van der Waals surface area contributed by atoms with Crippen LogP contribution in [-0.4, -0.2) is 10.2 Å². The Kier molecular flexibility index (Phi) is 2.40. The van der Waals surface area contributed by atoms with E-state index in [-0.39, 0.29) is 0 Å². The second kappa shape index (κ2) is 3.53. The minimum Gasteiger partial charge on any atom is -0.419 e. The summed E-state index contributed by atoms with van der Waals surface area (Å²) in [6, 6.07) is 3.93. The van der Waals surface area contributed by atoms with E-state index in [2.05, 4.69) is 32.8 Å². The number of hydrogen-bond donors (Lipinski definition) is 0. The zero-order valence-electron chi connectivity index (χ0n) is 6.03. The first-order valence-corrected chi connectivity index (χ1v) is 5.73. The molecule has 0 aliphatic heterocycles. The molecule has 0 saturated heterocycles. The molecule has 0 radical (unpaired) electrons. The summed E-state index contributed by atoms with van der Waals surface area (Å²) in [6.07, 6.45) is 0. The molecule has 0 atom stereocenters. The smallest absolute Gasteiger partial charge is 0.257 e. The Morgan fingerprint density at radius 1 is 1.50 bits per heavy atom. The van der Waals surface area contributed by atoms with Crippen molar-refractivity contribution in [3.63, 3.8) is 0 Å². The molecule has 2 aromatic rings. The van der Waals surface area contributed by atoms with Crippen LogP contribution in [0, 0.1) is 0 Å². The van der Waals surface area contributed by atoms with Crippen LogP contribution in [0.5, 0.6) is 0 Å². The SMILES string of the molecule is ICc1nnc(-c2cccs2)o1. The Morgan fingerprint density at radius 2 is 2.42 bits per heavy atom. The summed E-state index contributed by atoms with van der Waals surface area (Å²) in [6.45, 7) is 0. The van der Waals surface area contributed by atoms with Gasteiger partial charge in [0.05, 0.1) is 9.30 Å². The Bertz CT molecular complexity index is 357. The van der Waals surface area contributed by atoms with Gasteiger partial charge in [0.15, 0.2) is 0 Å². The van der Waals surface area contributed by atoms with Crippen LogP contribution < -0.4 is 0 Å². The summed E-state index contributed by atoms with van der Waals surface area (Å²) >= 11 is 3.79. The first-order chi connectivity index (χ1) is 5.90. The van der Waals surface area contributed by atoms with Gasteiger partial charge in [0, 0.05) is 0 Å². The maximum absolute atomic E-state index is 5.36. The number of aromatic nitrogens is 2. The van der Waals surface area contributed by atoms with E-state index in [0.29, 0.717) is 11.8 Å². The van der Waals surface area contributed by atoms with Gasteiger partial charge in [0.25, 0.3) is 5.89 Å². The van der Waals surface area contributed by atoms with Crippen molar-refractivity contribution in [2.45, 2.75) is 4.43 Å². The fraction of sp³-hybridized carbons (Fsp3) is 0.143. The summed E-state index contributed by atoms with van der Waals surface area (Å²) in [5.74, 6) is 1.30. The van der Waals surface area contributed by atoms with Crippen LogP contribution in [0.15, 0.2) is 21.9 Å². The Balaban J connectivity index is 2.35. The van der Waals surface area contributed by atoms with E-state index < -0.39 is 0 Å². The van der Waals surface area contributed by atoms with Gasteiger partial charge in [0.1, 0.15) is 0 Å². The molecule has 0 spiro atoms. The Labute approximate surface area is 87.0 Å². The normalized spacial score (nSPS) is 10.4.